The van der Waals surface area contributed by atoms with E-state index in [0.717, 1.165) is 31.4 Å². The molecular weight excluding hydrogens is 267 g/mol. The molecule has 118 valence electrons. The van der Waals surface area contributed by atoms with Crippen molar-refractivity contribution in [1.82, 2.24) is 10.3 Å². The second kappa shape index (κ2) is 7.32. The standard InChI is InChI=1S/C17H27FN2O/c1-4-20-16(14-9-15(18)12-19-11-14)17(21-5-2)8-6-7-13(3)10-17/h9,11-13,16,20H,4-8,10H2,1-3H3. The fourth-order valence-electron chi connectivity index (χ4n) is 3.71. The molecule has 1 aromatic rings. The lowest BCUT2D eigenvalue weighted by molar-refractivity contribution is -0.101. The fraction of sp³-hybridized carbons (Fsp3) is 0.706. The van der Waals surface area contributed by atoms with Crippen molar-refractivity contribution in [2.45, 2.75) is 58.1 Å². The van der Waals surface area contributed by atoms with Crippen molar-refractivity contribution < 1.29 is 9.13 Å². The number of aromatic nitrogens is 1. The van der Waals surface area contributed by atoms with Crippen LogP contribution >= 0.6 is 0 Å². The summed E-state index contributed by atoms with van der Waals surface area (Å²) in [6.07, 6.45) is 7.44. The van der Waals surface area contributed by atoms with E-state index in [4.69, 9.17) is 4.74 Å². The molecule has 0 bridgehead atoms. The summed E-state index contributed by atoms with van der Waals surface area (Å²) in [6, 6.07) is 1.58. The molecule has 3 atom stereocenters. The van der Waals surface area contributed by atoms with Crippen LogP contribution in [0.25, 0.3) is 0 Å². The van der Waals surface area contributed by atoms with Gasteiger partial charge in [0.2, 0.25) is 0 Å². The van der Waals surface area contributed by atoms with Gasteiger partial charge in [0.1, 0.15) is 5.82 Å². The predicted molar refractivity (Wildman–Crippen MR) is 82.6 cm³/mol. The van der Waals surface area contributed by atoms with Gasteiger partial charge in [0.05, 0.1) is 17.8 Å². The van der Waals surface area contributed by atoms with Crippen LogP contribution in [-0.2, 0) is 4.74 Å². The number of nitrogens with one attached hydrogen (secondary N) is 1. The van der Waals surface area contributed by atoms with Gasteiger partial charge >= 0.3 is 0 Å². The molecular formula is C17H27FN2O. The van der Waals surface area contributed by atoms with Crippen molar-refractivity contribution in [3.05, 3.63) is 29.8 Å². The Hall–Kier alpha value is -1.00. The zero-order chi connectivity index (χ0) is 15.3. The topological polar surface area (TPSA) is 34.2 Å². The maximum atomic E-state index is 13.6. The molecule has 0 aromatic carbocycles. The summed E-state index contributed by atoms with van der Waals surface area (Å²) >= 11 is 0. The first-order chi connectivity index (χ1) is 10.1. The second-order valence-corrected chi connectivity index (χ2v) is 6.13. The highest BCUT2D eigenvalue weighted by molar-refractivity contribution is 5.20. The Balaban J connectivity index is 2.36. The molecule has 1 heterocycles. The highest BCUT2D eigenvalue weighted by Crippen LogP contribution is 2.43. The molecule has 1 aliphatic carbocycles. The summed E-state index contributed by atoms with van der Waals surface area (Å²) < 4.78 is 19.8. The Morgan fingerprint density at radius 2 is 2.29 bits per heavy atom. The Bertz CT molecular complexity index is 450. The van der Waals surface area contributed by atoms with Gasteiger partial charge in [-0.05, 0) is 43.9 Å². The maximum absolute atomic E-state index is 13.6. The van der Waals surface area contributed by atoms with Crippen molar-refractivity contribution in [2.24, 2.45) is 5.92 Å². The average molecular weight is 294 g/mol. The lowest BCUT2D eigenvalue weighted by Crippen LogP contribution is -2.49. The number of pyridine rings is 1. The summed E-state index contributed by atoms with van der Waals surface area (Å²) in [4.78, 5) is 4.02. The second-order valence-electron chi connectivity index (χ2n) is 6.13. The van der Waals surface area contributed by atoms with Crippen molar-refractivity contribution in [3.63, 3.8) is 0 Å². The SMILES string of the molecule is CCNC(c1cncc(F)c1)C1(OCC)CCCC(C)C1. The minimum absolute atomic E-state index is 0.00611. The van der Waals surface area contributed by atoms with Crippen molar-refractivity contribution in [3.8, 4) is 0 Å². The Morgan fingerprint density at radius 1 is 1.48 bits per heavy atom. The molecule has 21 heavy (non-hydrogen) atoms. The van der Waals surface area contributed by atoms with Gasteiger partial charge in [-0.25, -0.2) is 4.39 Å². The molecule has 0 spiro atoms. The molecule has 4 heteroatoms. The van der Waals surface area contributed by atoms with E-state index in [2.05, 4.69) is 24.1 Å². The molecule has 3 nitrogen and oxygen atoms in total. The third kappa shape index (κ3) is 3.80. The highest BCUT2D eigenvalue weighted by Gasteiger charge is 2.43. The van der Waals surface area contributed by atoms with E-state index in [-0.39, 0.29) is 17.5 Å². The molecule has 0 radical (unpaired) electrons. The molecule has 1 aliphatic rings. The highest BCUT2D eigenvalue weighted by atomic mass is 19.1. The number of rotatable bonds is 6. The van der Waals surface area contributed by atoms with Crippen LogP contribution in [0.1, 0.15) is 58.1 Å². The van der Waals surface area contributed by atoms with E-state index < -0.39 is 0 Å². The summed E-state index contributed by atoms with van der Waals surface area (Å²) in [5.41, 5.74) is 0.636. The molecule has 2 rings (SSSR count). The number of ether oxygens (including phenoxy) is 1. The zero-order valence-corrected chi connectivity index (χ0v) is 13.4. The van der Waals surface area contributed by atoms with Gasteiger partial charge in [-0.2, -0.15) is 0 Å². The van der Waals surface area contributed by atoms with E-state index in [0.29, 0.717) is 12.5 Å². The smallest absolute Gasteiger partial charge is 0.141 e. The van der Waals surface area contributed by atoms with Crippen LogP contribution in [-0.4, -0.2) is 23.7 Å². The Kier molecular flexibility index (Phi) is 5.71. The molecule has 1 saturated carbocycles. The molecule has 1 N–H and O–H groups in total. The average Bonchev–Trinajstić information content (AvgIpc) is 2.45. The third-order valence-electron chi connectivity index (χ3n) is 4.42. The summed E-state index contributed by atoms with van der Waals surface area (Å²) in [6.45, 7) is 7.89. The van der Waals surface area contributed by atoms with Gasteiger partial charge in [-0.15, -0.1) is 0 Å². The van der Waals surface area contributed by atoms with Crippen LogP contribution in [0.4, 0.5) is 4.39 Å². The van der Waals surface area contributed by atoms with Gasteiger partial charge in [-0.3, -0.25) is 4.98 Å². The first-order valence-electron chi connectivity index (χ1n) is 8.09. The monoisotopic (exact) mass is 294 g/mol. The number of nitrogens with zero attached hydrogens (tertiary/aromatic N) is 1. The predicted octanol–water partition coefficient (Wildman–Crippen LogP) is 3.86. The van der Waals surface area contributed by atoms with E-state index in [1.54, 1.807) is 12.3 Å². The molecule has 0 aliphatic heterocycles. The number of halogens is 1. The van der Waals surface area contributed by atoms with Crippen molar-refractivity contribution in [2.75, 3.05) is 13.2 Å². The van der Waals surface area contributed by atoms with Gasteiger partial charge < -0.3 is 10.1 Å². The Labute approximate surface area is 127 Å². The molecule has 0 saturated heterocycles. The largest absolute Gasteiger partial charge is 0.373 e. The number of likely N-dealkylation sites (N-methyl/N-ethyl adjacent to an activating group) is 1. The van der Waals surface area contributed by atoms with Gasteiger partial charge in [-0.1, -0.05) is 26.7 Å². The van der Waals surface area contributed by atoms with Crippen LogP contribution in [0.2, 0.25) is 0 Å². The van der Waals surface area contributed by atoms with Crippen LogP contribution in [0.15, 0.2) is 18.5 Å². The Morgan fingerprint density at radius 3 is 2.90 bits per heavy atom. The molecule has 0 amide bonds. The van der Waals surface area contributed by atoms with E-state index in [1.165, 1.54) is 12.6 Å². The van der Waals surface area contributed by atoms with Crippen LogP contribution in [0.3, 0.4) is 0 Å². The van der Waals surface area contributed by atoms with Crippen LogP contribution in [0.5, 0.6) is 0 Å². The number of hydrogen-bond acceptors (Lipinski definition) is 3. The molecule has 1 aromatic heterocycles. The van der Waals surface area contributed by atoms with Gasteiger partial charge in [0.25, 0.3) is 0 Å². The summed E-state index contributed by atoms with van der Waals surface area (Å²) in [7, 11) is 0. The maximum Gasteiger partial charge on any atom is 0.141 e. The molecule has 3 unspecified atom stereocenters. The number of hydrogen-bond donors (Lipinski definition) is 1. The van der Waals surface area contributed by atoms with Crippen molar-refractivity contribution >= 4 is 0 Å². The van der Waals surface area contributed by atoms with E-state index in [1.807, 2.05) is 6.92 Å². The van der Waals surface area contributed by atoms with E-state index >= 15 is 0 Å². The van der Waals surface area contributed by atoms with Crippen LogP contribution in [0, 0.1) is 11.7 Å². The lowest BCUT2D eigenvalue weighted by Gasteiger charge is -2.45. The van der Waals surface area contributed by atoms with E-state index in [9.17, 15) is 4.39 Å². The normalized spacial score (nSPS) is 27.5. The summed E-state index contributed by atoms with van der Waals surface area (Å²) in [5.74, 6) is 0.346. The van der Waals surface area contributed by atoms with Gasteiger partial charge in [0, 0.05) is 12.8 Å². The fourth-order valence-corrected chi connectivity index (χ4v) is 3.71. The summed E-state index contributed by atoms with van der Waals surface area (Å²) in [5, 5.41) is 3.51. The lowest BCUT2D eigenvalue weighted by atomic mass is 9.73. The zero-order valence-electron chi connectivity index (χ0n) is 13.4. The van der Waals surface area contributed by atoms with Gasteiger partial charge in [0.15, 0.2) is 0 Å². The minimum atomic E-state index is -0.286. The third-order valence-corrected chi connectivity index (χ3v) is 4.42. The van der Waals surface area contributed by atoms with Crippen LogP contribution < -0.4 is 5.32 Å². The molecule has 1 fully saturated rings. The quantitative estimate of drug-likeness (QED) is 0.865. The van der Waals surface area contributed by atoms with Crippen molar-refractivity contribution in [1.29, 1.82) is 0 Å². The first-order valence-corrected chi connectivity index (χ1v) is 8.09. The first kappa shape index (κ1) is 16.4. The minimum Gasteiger partial charge on any atom is -0.373 e.